The first-order valence-electron chi connectivity index (χ1n) is 9.38. The summed E-state index contributed by atoms with van der Waals surface area (Å²) >= 11 is 0. The predicted octanol–water partition coefficient (Wildman–Crippen LogP) is 4.02. The van der Waals surface area contributed by atoms with E-state index in [1.54, 1.807) is 24.8 Å². The molecule has 8 nitrogen and oxygen atoms in total. The van der Waals surface area contributed by atoms with Crippen LogP contribution in [0.1, 0.15) is 0 Å². The molecule has 0 radical (unpaired) electrons. The zero-order valence-corrected chi connectivity index (χ0v) is 15.6. The van der Waals surface area contributed by atoms with Crippen LogP contribution in [0.2, 0.25) is 0 Å². The lowest BCUT2D eigenvalue weighted by Gasteiger charge is -2.00. The zero-order chi connectivity index (χ0) is 19.9. The van der Waals surface area contributed by atoms with Gasteiger partial charge in [0.15, 0.2) is 11.5 Å². The van der Waals surface area contributed by atoms with E-state index in [0.717, 1.165) is 38.9 Å². The number of nitrogens with zero attached hydrogens (tertiary/aromatic N) is 6. The quantitative estimate of drug-likeness (QED) is 0.472. The lowest BCUT2D eigenvalue weighted by atomic mass is 10.1. The fourth-order valence-corrected chi connectivity index (χ4v) is 3.52. The summed E-state index contributed by atoms with van der Waals surface area (Å²) in [6.07, 6.45) is 8.85. The molecule has 0 saturated heterocycles. The van der Waals surface area contributed by atoms with Crippen molar-refractivity contribution in [2.75, 3.05) is 0 Å². The molecular weight excluding hydrogens is 376 g/mol. The van der Waals surface area contributed by atoms with Gasteiger partial charge in [-0.2, -0.15) is 5.10 Å². The highest BCUT2D eigenvalue weighted by atomic mass is 15.2. The zero-order valence-electron chi connectivity index (χ0n) is 15.6. The Morgan fingerprint density at radius 2 is 1.70 bits per heavy atom. The van der Waals surface area contributed by atoms with Gasteiger partial charge in [0.1, 0.15) is 16.9 Å². The number of rotatable bonds is 3. The second kappa shape index (κ2) is 6.56. The van der Waals surface area contributed by atoms with Crippen molar-refractivity contribution in [1.82, 2.24) is 40.1 Å². The van der Waals surface area contributed by atoms with E-state index >= 15 is 0 Å². The molecule has 0 bridgehead atoms. The van der Waals surface area contributed by atoms with E-state index in [1.165, 1.54) is 0 Å². The van der Waals surface area contributed by atoms with E-state index in [9.17, 15) is 0 Å². The Labute approximate surface area is 170 Å². The molecule has 0 aliphatic rings. The lowest BCUT2D eigenvalue weighted by Crippen LogP contribution is -1.88. The highest BCUT2D eigenvalue weighted by Gasteiger charge is 2.17. The molecule has 0 saturated carbocycles. The van der Waals surface area contributed by atoms with E-state index in [4.69, 9.17) is 4.98 Å². The predicted molar refractivity (Wildman–Crippen MR) is 113 cm³/mol. The maximum absolute atomic E-state index is 4.81. The summed E-state index contributed by atoms with van der Waals surface area (Å²) in [4.78, 5) is 25.7. The van der Waals surface area contributed by atoms with Crippen LogP contribution in [-0.2, 0) is 0 Å². The van der Waals surface area contributed by atoms with Crippen molar-refractivity contribution in [2.45, 2.75) is 0 Å². The molecule has 0 aliphatic carbocycles. The molecule has 0 aliphatic heterocycles. The maximum Gasteiger partial charge on any atom is 0.159 e. The Bertz CT molecular complexity index is 1490. The van der Waals surface area contributed by atoms with Crippen LogP contribution in [0.15, 0.2) is 73.4 Å². The largest absolute Gasteiger partial charge is 0.336 e. The summed E-state index contributed by atoms with van der Waals surface area (Å²) in [5.74, 6) is 0.648. The third-order valence-corrected chi connectivity index (χ3v) is 4.96. The third-order valence-electron chi connectivity index (χ3n) is 4.96. The van der Waals surface area contributed by atoms with Crippen LogP contribution in [0.25, 0.3) is 56.1 Å². The number of aromatic amines is 2. The first-order chi connectivity index (χ1) is 14.9. The van der Waals surface area contributed by atoms with Crippen molar-refractivity contribution in [1.29, 1.82) is 0 Å². The number of fused-ring (bicyclic) bond motifs is 2. The number of H-pyrrole nitrogens is 2. The molecule has 6 aromatic heterocycles. The van der Waals surface area contributed by atoms with Crippen LogP contribution >= 0.6 is 0 Å². The number of pyridine rings is 4. The van der Waals surface area contributed by atoms with Crippen LogP contribution in [0, 0.1) is 0 Å². The summed E-state index contributed by atoms with van der Waals surface area (Å²) in [6, 6.07) is 13.6. The van der Waals surface area contributed by atoms with Gasteiger partial charge in [0.25, 0.3) is 0 Å². The minimum atomic E-state index is 0.648. The molecule has 0 aromatic carbocycles. The first kappa shape index (κ1) is 16.5. The summed E-state index contributed by atoms with van der Waals surface area (Å²) in [5.41, 5.74) is 6.55. The molecule has 0 atom stereocenters. The molecule has 0 spiro atoms. The normalized spacial score (nSPS) is 11.3. The van der Waals surface area contributed by atoms with Gasteiger partial charge in [-0.1, -0.05) is 6.07 Å². The Morgan fingerprint density at radius 1 is 0.767 bits per heavy atom. The smallest absolute Gasteiger partial charge is 0.159 e. The molecule has 6 heterocycles. The number of hydrogen-bond acceptors (Lipinski definition) is 6. The lowest BCUT2D eigenvalue weighted by molar-refractivity contribution is 1.09. The average molecular weight is 390 g/mol. The molecule has 0 amide bonds. The maximum atomic E-state index is 4.81. The summed E-state index contributed by atoms with van der Waals surface area (Å²) in [5, 5.41) is 8.35. The number of imidazole rings is 1. The van der Waals surface area contributed by atoms with Crippen molar-refractivity contribution >= 4 is 22.1 Å². The standard InChI is InChI=1S/C22H14N8/c1-2-7-24-16(3-1)19-20-17(6-10-25-19)27-22(28-20)18-15-11-14(12-26-21(15)30-29-18)13-4-8-23-9-5-13/h1-12H,(H,27,28)(H,26,29,30). The van der Waals surface area contributed by atoms with Gasteiger partial charge >= 0.3 is 0 Å². The van der Waals surface area contributed by atoms with Gasteiger partial charge in [-0.3, -0.25) is 20.1 Å². The number of aromatic nitrogens is 8. The summed E-state index contributed by atoms with van der Waals surface area (Å²) in [6.45, 7) is 0. The Hall–Kier alpha value is -4.46. The second-order valence-electron chi connectivity index (χ2n) is 6.78. The van der Waals surface area contributed by atoms with Gasteiger partial charge < -0.3 is 4.98 Å². The summed E-state index contributed by atoms with van der Waals surface area (Å²) in [7, 11) is 0. The van der Waals surface area contributed by atoms with Crippen LogP contribution in [-0.4, -0.2) is 40.1 Å². The molecule has 142 valence electrons. The van der Waals surface area contributed by atoms with Crippen molar-refractivity contribution in [2.24, 2.45) is 0 Å². The second-order valence-corrected chi connectivity index (χ2v) is 6.78. The highest BCUT2D eigenvalue weighted by Crippen LogP contribution is 2.30. The Kier molecular flexibility index (Phi) is 3.60. The number of nitrogens with one attached hydrogen (secondary N) is 2. The molecule has 30 heavy (non-hydrogen) atoms. The van der Waals surface area contributed by atoms with Crippen LogP contribution in [0.5, 0.6) is 0 Å². The van der Waals surface area contributed by atoms with E-state index in [2.05, 4.69) is 41.2 Å². The van der Waals surface area contributed by atoms with Crippen LogP contribution in [0.3, 0.4) is 0 Å². The monoisotopic (exact) mass is 390 g/mol. The van der Waals surface area contributed by atoms with Gasteiger partial charge in [0.05, 0.1) is 16.6 Å². The fraction of sp³-hybridized carbons (Fsp3) is 0. The molecule has 0 unspecified atom stereocenters. The Balaban J connectivity index is 1.52. The van der Waals surface area contributed by atoms with Crippen LogP contribution in [0.4, 0.5) is 0 Å². The third kappa shape index (κ3) is 2.62. The first-order valence-corrected chi connectivity index (χ1v) is 9.38. The Morgan fingerprint density at radius 3 is 2.57 bits per heavy atom. The topological polar surface area (TPSA) is 109 Å². The molecule has 0 fully saturated rings. The van der Waals surface area contributed by atoms with Gasteiger partial charge in [0, 0.05) is 36.5 Å². The molecule has 6 aromatic rings. The minimum Gasteiger partial charge on any atom is -0.336 e. The summed E-state index contributed by atoms with van der Waals surface area (Å²) < 4.78 is 0. The molecular formula is C22H14N8. The van der Waals surface area contributed by atoms with Crippen molar-refractivity contribution in [3.05, 3.63) is 73.4 Å². The molecule has 8 heteroatoms. The van der Waals surface area contributed by atoms with E-state index in [1.807, 2.05) is 42.6 Å². The molecule has 6 rings (SSSR count). The minimum absolute atomic E-state index is 0.648. The van der Waals surface area contributed by atoms with Crippen molar-refractivity contribution < 1.29 is 0 Å². The number of hydrogen-bond donors (Lipinski definition) is 2. The van der Waals surface area contributed by atoms with Gasteiger partial charge in [-0.15, -0.1) is 0 Å². The van der Waals surface area contributed by atoms with E-state index in [0.29, 0.717) is 17.2 Å². The van der Waals surface area contributed by atoms with Gasteiger partial charge in [-0.25, -0.2) is 9.97 Å². The average Bonchev–Trinajstić information content (AvgIpc) is 3.43. The van der Waals surface area contributed by atoms with Crippen LogP contribution < -0.4 is 0 Å². The van der Waals surface area contributed by atoms with E-state index in [-0.39, 0.29) is 0 Å². The van der Waals surface area contributed by atoms with Crippen molar-refractivity contribution in [3.8, 4) is 34.0 Å². The molecule has 2 N–H and O–H groups in total. The fourth-order valence-electron chi connectivity index (χ4n) is 3.52. The van der Waals surface area contributed by atoms with Crippen molar-refractivity contribution in [3.63, 3.8) is 0 Å². The van der Waals surface area contributed by atoms with Gasteiger partial charge in [-0.05, 0) is 42.0 Å². The SMILES string of the molecule is c1ccc(-c2nccc3[nH]c(-c4n[nH]c5ncc(-c6ccncc6)cc45)nc23)nc1. The van der Waals surface area contributed by atoms with E-state index < -0.39 is 0 Å². The highest BCUT2D eigenvalue weighted by molar-refractivity contribution is 5.95. The van der Waals surface area contributed by atoms with Gasteiger partial charge in [0.2, 0.25) is 0 Å².